The maximum atomic E-state index is 9.45. The third-order valence-corrected chi connectivity index (χ3v) is 4.85. The summed E-state index contributed by atoms with van der Waals surface area (Å²) in [7, 11) is -2.40. The molecule has 0 aliphatic heterocycles. The highest BCUT2D eigenvalue weighted by atomic mass is 32.3. The molecule has 0 atom stereocenters. The first kappa shape index (κ1) is 20.2. The minimum atomic E-state index is -4.42. The number of aryl methyl sites for hydroxylation is 2. The predicted octanol–water partition coefficient (Wildman–Crippen LogP) is 2.26. The highest BCUT2D eigenvalue weighted by Gasteiger charge is 2.08. The minimum absolute atomic E-state index is 0.0914. The molecule has 1 aromatic carbocycles. The van der Waals surface area contributed by atoms with Gasteiger partial charge in [-0.05, 0) is 31.0 Å². The van der Waals surface area contributed by atoms with Crippen molar-refractivity contribution in [1.29, 1.82) is 0 Å². The Hall–Kier alpha value is -2.07. The van der Waals surface area contributed by atoms with Crippen molar-refractivity contribution in [2.24, 2.45) is 12.0 Å². The van der Waals surface area contributed by atoms with Gasteiger partial charge in [0, 0.05) is 29.6 Å². The zero-order valence-electron chi connectivity index (χ0n) is 14.8. The number of fused-ring (bicyclic) bond motifs is 1. The number of pyridine rings is 1. The van der Waals surface area contributed by atoms with Gasteiger partial charge in [0.2, 0.25) is 10.4 Å². The van der Waals surface area contributed by atoms with E-state index in [1.54, 1.807) is 11.3 Å². The molecule has 0 N–H and O–H groups in total. The minimum Gasteiger partial charge on any atom is -0.726 e. The number of nitrogens with zero attached hydrogens (tertiary/aromatic N) is 3. The molecule has 0 saturated carbocycles. The predicted molar refractivity (Wildman–Crippen MR) is 99.7 cm³/mol. The van der Waals surface area contributed by atoms with Crippen molar-refractivity contribution in [2.75, 3.05) is 6.61 Å². The van der Waals surface area contributed by atoms with E-state index in [2.05, 4.69) is 57.6 Å². The van der Waals surface area contributed by atoms with Crippen LogP contribution >= 0.6 is 11.3 Å². The lowest BCUT2D eigenvalue weighted by atomic mass is 10.2. The molecule has 0 radical (unpaired) electrons. The van der Waals surface area contributed by atoms with E-state index in [0.29, 0.717) is 0 Å². The van der Waals surface area contributed by atoms with E-state index in [0.717, 1.165) is 17.0 Å². The molecule has 0 saturated heterocycles. The Morgan fingerprint density at radius 3 is 2.54 bits per heavy atom. The van der Waals surface area contributed by atoms with Gasteiger partial charge >= 0.3 is 5.13 Å². The molecule has 9 heteroatoms. The lowest BCUT2D eigenvalue weighted by molar-refractivity contribution is -0.654. The number of hydrogen-bond donors (Lipinski definition) is 0. The van der Waals surface area contributed by atoms with Crippen LogP contribution < -0.4 is 9.92 Å². The smallest absolute Gasteiger partial charge is 0.382 e. The fourth-order valence-corrected chi connectivity index (χ4v) is 3.36. The molecule has 7 nitrogen and oxygen atoms in total. The number of thiazole rings is 1. The maximum Gasteiger partial charge on any atom is 0.382 e. The molecule has 0 spiro atoms. The fourth-order valence-electron chi connectivity index (χ4n) is 2.33. The van der Waals surface area contributed by atoms with Crippen LogP contribution in [0.5, 0.6) is 0 Å². The molecule has 3 aromatic rings. The van der Waals surface area contributed by atoms with Gasteiger partial charge in [0.15, 0.2) is 5.36 Å². The van der Waals surface area contributed by atoms with Gasteiger partial charge in [-0.2, -0.15) is 0 Å². The summed E-state index contributed by atoms with van der Waals surface area (Å²) < 4.78 is 36.3. The molecule has 0 aliphatic carbocycles. The Bertz CT molecular complexity index is 1040. The van der Waals surface area contributed by atoms with Gasteiger partial charge in [0.1, 0.15) is 6.20 Å². The summed E-state index contributed by atoms with van der Waals surface area (Å²) in [5.41, 5.74) is 1.23. The summed E-state index contributed by atoms with van der Waals surface area (Å²) in [6.45, 7) is 4.46. The molecular weight excluding hydrogens is 374 g/mol. The average molecular weight is 396 g/mol. The second kappa shape index (κ2) is 9.04. The molecule has 3 rings (SSSR count). The molecule has 2 heterocycles. The highest BCUT2D eigenvalue weighted by molar-refractivity contribution is 7.80. The number of hydrogen-bond acceptors (Lipinski definition) is 6. The monoisotopic (exact) mass is 395 g/mol. The van der Waals surface area contributed by atoms with Gasteiger partial charge in [-0.1, -0.05) is 23.5 Å². The molecule has 140 valence electrons. The van der Waals surface area contributed by atoms with E-state index in [1.165, 1.54) is 17.8 Å². The number of benzene rings is 1. The Morgan fingerprint density at radius 2 is 2.00 bits per heavy atom. The summed E-state index contributed by atoms with van der Waals surface area (Å²) in [4.78, 5) is 4.77. The SMILES string of the molecule is CCOS(=O)(=O)[O-].CCn1ccc(=Nc2scc[n+]2C)c2ccccc21. The van der Waals surface area contributed by atoms with Gasteiger partial charge in [-0.3, -0.25) is 4.18 Å². The van der Waals surface area contributed by atoms with Crippen LogP contribution in [0.25, 0.3) is 10.9 Å². The number of aromatic nitrogens is 2. The van der Waals surface area contributed by atoms with Crippen LogP contribution in [0.1, 0.15) is 13.8 Å². The quantitative estimate of drug-likeness (QED) is 0.385. The van der Waals surface area contributed by atoms with Gasteiger partial charge in [-0.25, -0.2) is 13.0 Å². The molecule has 2 aromatic heterocycles. The largest absolute Gasteiger partial charge is 0.726 e. The van der Waals surface area contributed by atoms with Crippen molar-refractivity contribution in [3.63, 3.8) is 0 Å². The van der Waals surface area contributed by atoms with E-state index in [4.69, 9.17) is 4.99 Å². The zero-order chi connectivity index (χ0) is 19.2. The van der Waals surface area contributed by atoms with Crippen LogP contribution in [0.3, 0.4) is 0 Å². The second-order valence-corrected chi connectivity index (χ2v) is 7.15. The van der Waals surface area contributed by atoms with Crippen molar-refractivity contribution in [1.82, 2.24) is 4.57 Å². The summed E-state index contributed by atoms with van der Waals surface area (Å²) in [5, 5.41) is 5.29. The van der Waals surface area contributed by atoms with E-state index < -0.39 is 10.4 Å². The van der Waals surface area contributed by atoms with Crippen molar-refractivity contribution in [3.8, 4) is 0 Å². The number of para-hydroxylation sites is 1. The van der Waals surface area contributed by atoms with Crippen LogP contribution in [0, 0.1) is 0 Å². The van der Waals surface area contributed by atoms with E-state index >= 15 is 0 Å². The highest BCUT2D eigenvalue weighted by Crippen LogP contribution is 2.14. The Morgan fingerprint density at radius 1 is 1.27 bits per heavy atom. The van der Waals surface area contributed by atoms with Crippen molar-refractivity contribution in [2.45, 2.75) is 20.4 Å². The van der Waals surface area contributed by atoms with Gasteiger partial charge in [-0.15, -0.1) is 0 Å². The first-order valence-electron chi connectivity index (χ1n) is 8.02. The Labute approximate surface area is 156 Å². The van der Waals surface area contributed by atoms with Crippen LogP contribution in [0.15, 0.2) is 53.1 Å². The van der Waals surface area contributed by atoms with Crippen LogP contribution in [0.2, 0.25) is 0 Å². The van der Waals surface area contributed by atoms with E-state index in [1.807, 2.05) is 17.8 Å². The normalized spacial score (nSPS) is 12.1. The van der Waals surface area contributed by atoms with Crippen LogP contribution in [-0.2, 0) is 28.2 Å². The molecule has 26 heavy (non-hydrogen) atoms. The van der Waals surface area contributed by atoms with Crippen molar-refractivity contribution < 1.29 is 21.7 Å². The maximum absolute atomic E-state index is 9.45. The van der Waals surface area contributed by atoms with Crippen LogP contribution in [0.4, 0.5) is 5.13 Å². The van der Waals surface area contributed by atoms with Crippen molar-refractivity contribution in [3.05, 3.63) is 53.5 Å². The topological polar surface area (TPSA) is 87.6 Å². The van der Waals surface area contributed by atoms with Gasteiger partial charge in [0.25, 0.3) is 0 Å². The fraction of sp³-hybridized carbons (Fsp3) is 0.294. The summed E-state index contributed by atoms with van der Waals surface area (Å²) in [6.07, 6.45) is 4.13. The third-order valence-electron chi connectivity index (χ3n) is 3.48. The molecule has 0 unspecified atom stereocenters. The van der Waals surface area contributed by atoms with Crippen molar-refractivity contribution >= 4 is 37.8 Å². The molecule has 0 fully saturated rings. The first-order valence-corrected chi connectivity index (χ1v) is 10.2. The number of rotatable bonds is 4. The third kappa shape index (κ3) is 5.46. The first-order chi connectivity index (χ1) is 12.4. The lowest BCUT2D eigenvalue weighted by Gasteiger charge is -2.06. The summed E-state index contributed by atoms with van der Waals surface area (Å²) in [5.74, 6) is 0. The summed E-state index contributed by atoms with van der Waals surface area (Å²) >= 11 is 1.65. The molecular formula is C17H21N3O4S2. The van der Waals surface area contributed by atoms with Crippen LogP contribution in [-0.4, -0.2) is 24.1 Å². The summed E-state index contributed by atoms with van der Waals surface area (Å²) in [6, 6.07) is 10.5. The van der Waals surface area contributed by atoms with E-state index in [-0.39, 0.29) is 6.61 Å². The van der Waals surface area contributed by atoms with Gasteiger partial charge in [0.05, 0.1) is 19.2 Å². The standard InChI is InChI=1S/C15H16N3S.C2H6O4S/c1-3-18-9-8-13(12-6-4-5-7-14(12)18)16-15-17(2)10-11-19-15;1-2-6-7(3,4)5/h4-11H,3H2,1-2H3;2H2,1H3,(H,3,4,5)/q+1;/p-1. The zero-order valence-corrected chi connectivity index (χ0v) is 16.5. The molecule has 0 amide bonds. The average Bonchev–Trinajstić information content (AvgIpc) is 3.00. The molecule has 0 bridgehead atoms. The Kier molecular flexibility index (Phi) is 7.04. The Balaban J connectivity index is 0.000000298. The van der Waals surface area contributed by atoms with Gasteiger partial charge < -0.3 is 9.12 Å². The molecule has 0 aliphatic rings. The lowest BCUT2D eigenvalue weighted by Crippen LogP contribution is -2.24. The van der Waals surface area contributed by atoms with E-state index in [9.17, 15) is 13.0 Å². The second-order valence-electron chi connectivity index (χ2n) is 5.23.